The molecule has 2 rings (SSSR count). The van der Waals surface area contributed by atoms with E-state index in [1.807, 2.05) is 30.3 Å². The van der Waals surface area contributed by atoms with Gasteiger partial charge in [0.2, 0.25) is 5.89 Å². The minimum absolute atomic E-state index is 0.307. The smallest absolute Gasteiger partial charge is 0.253 e. The minimum atomic E-state index is 0.307. The van der Waals surface area contributed by atoms with E-state index in [0.717, 1.165) is 25.1 Å². The lowest BCUT2D eigenvalue weighted by Gasteiger charge is -2.05. The Bertz CT molecular complexity index is 497. The van der Waals surface area contributed by atoms with Crippen LogP contribution in [0.5, 0.6) is 5.75 Å². The maximum atomic E-state index is 5.55. The molecule has 5 nitrogen and oxygen atoms in total. The highest BCUT2D eigenvalue weighted by Gasteiger charge is 2.06. The first kappa shape index (κ1) is 14.5. The van der Waals surface area contributed by atoms with Gasteiger partial charge in [0.15, 0.2) is 6.61 Å². The zero-order valence-electron chi connectivity index (χ0n) is 12.0. The highest BCUT2D eigenvalue weighted by molar-refractivity contribution is 5.20. The van der Waals surface area contributed by atoms with Crippen molar-refractivity contribution in [3.8, 4) is 5.75 Å². The Morgan fingerprint density at radius 1 is 1.15 bits per heavy atom. The van der Waals surface area contributed by atoms with Crippen LogP contribution in [0.4, 0.5) is 0 Å². The maximum Gasteiger partial charge on any atom is 0.253 e. The Morgan fingerprint density at radius 2 is 1.90 bits per heavy atom. The highest BCUT2D eigenvalue weighted by atomic mass is 16.5. The van der Waals surface area contributed by atoms with Gasteiger partial charge in [-0.2, -0.15) is 0 Å². The fourth-order valence-electron chi connectivity index (χ4n) is 1.74. The highest BCUT2D eigenvalue weighted by Crippen LogP contribution is 2.11. The lowest BCUT2D eigenvalue weighted by Crippen LogP contribution is -2.23. The third-order valence-corrected chi connectivity index (χ3v) is 2.73. The van der Waals surface area contributed by atoms with Crippen LogP contribution in [0.3, 0.4) is 0 Å². The van der Waals surface area contributed by atoms with Gasteiger partial charge in [-0.05, 0) is 25.1 Å². The van der Waals surface area contributed by atoms with Gasteiger partial charge in [0.05, 0.1) is 0 Å². The van der Waals surface area contributed by atoms with E-state index in [9.17, 15) is 0 Å². The van der Waals surface area contributed by atoms with Crippen molar-refractivity contribution in [1.82, 2.24) is 15.5 Å². The molecule has 0 saturated heterocycles. The molecule has 108 valence electrons. The fraction of sp³-hybridized carbons (Fsp3) is 0.467. The van der Waals surface area contributed by atoms with Gasteiger partial charge in [-0.25, -0.2) is 0 Å². The number of rotatable bonds is 8. The molecular formula is C15H21N3O2. The lowest BCUT2D eigenvalue weighted by atomic mass is 10.3. The van der Waals surface area contributed by atoms with E-state index in [1.54, 1.807) is 0 Å². The van der Waals surface area contributed by atoms with Gasteiger partial charge in [0.1, 0.15) is 5.75 Å². The van der Waals surface area contributed by atoms with Crippen LogP contribution >= 0.6 is 0 Å². The number of hydrogen-bond acceptors (Lipinski definition) is 5. The number of nitrogens with zero attached hydrogens (tertiary/aromatic N) is 2. The van der Waals surface area contributed by atoms with E-state index in [0.29, 0.717) is 24.4 Å². The number of ether oxygens (including phenoxy) is 1. The van der Waals surface area contributed by atoms with Crippen LogP contribution < -0.4 is 10.1 Å². The van der Waals surface area contributed by atoms with Gasteiger partial charge >= 0.3 is 0 Å². The predicted octanol–water partition coefficient (Wildman–Crippen LogP) is 2.58. The third-order valence-electron chi connectivity index (χ3n) is 2.73. The Morgan fingerprint density at radius 3 is 2.65 bits per heavy atom. The van der Waals surface area contributed by atoms with Crippen LogP contribution in [0.2, 0.25) is 0 Å². The minimum Gasteiger partial charge on any atom is -0.484 e. The molecule has 0 amide bonds. The average molecular weight is 275 g/mol. The molecule has 0 bridgehead atoms. The van der Waals surface area contributed by atoms with Crippen LogP contribution in [-0.2, 0) is 13.0 Å². The molecule has 20 heavy (non-hydrogen) atoms. The first-order chi connectivity index (χ1) is 9.74. The number of aromatic nitrogens is 2. The summed E-state index contributed by atoms with van der Waals surface area (Å²) in [4.78, 5) is 0. The lowest BCUT2D eigenvalue weighted by molar-refractivity contribution is 0.258. The monoisotopic (exact) mass is 275 g/mol. The molecular weight excluding hydrogens is 254 g/mol. The zero-order valence-corrected chi connectivity index (χ0v) is 12.0. The fourth-order valence-corrected chi connectivity index (χ4v) is 1.74. The molecule has 0 spiro atoms. The van der Waals surface area contributed by atoms with Crippen molar-refractivity contribution in [1.29, 1.82) is 0 Å². The summed E-state index contributed by atoms with van der Waals surface area (Å²) in [5, 5.41) is 11.4. The Hall–Kier alpha value is -1.88. The molecule has 0 unspecified atom stereocenters. The standard InChI is InChI=1S/C15H21N3O2/c1-12(2)16-10-6-9-14-17-18-15(20-14)11-19-13-7-4-3-5-8-13/h3-5,7-8,12,16H,6,9-11H2,1-2H3. The quantitative estimate of drug-likeness (QED) is 0.750. The molecule has 5 heteroatoms. The molecule has 0 saturated carbocycles. The third kappa shape index (κ3) is 5.01. The molecule has 0 fully saturated rings. The molecule has 0 atom stereocenters. The average Bonchev–Trinajstić information content (AvgIpc) is 2.90. The number of benzene rings is 1. The molecule has 1 aromatic carbocycles. The Labute approximate surface area is 119 Å². The Kier molecular flexibility index (Phi) is 5.55. The number of hydrogen-bond donors (Lipinski definition) is 1. The van der Waals surface area contributed by atoms with Crippen LogP contribution in [0.15, 0.2) is 34.7 Å². The maximum absolute atomic E-state index is 5.55. The van der Waals surface area contributed by atoms with Crippen LogP contribution in [0.1, 0.15) is 32.0 Å². The van der Waals surface area contributed by atoms with Gasteiger partial charge in [-0.1, -0.05) is 32.0 Å². The second kappa shape index (κ2) is 7.65. The summed E-state index contributed by atoms with van der Waals surface area (Å²) >= 11 is 0. The van der Waals surface area contributed by atoms with Crippen molar-refractivity contribution in [2.24, 2.45) is 0 Å². The van der Waals surface area contributed by atoms with Gasteiger partial charge in [0.25, 0.3) is 5.89 Å². The van der Waals surface area contributed by atoms with Crippen molar-refractivity contribution < 1.29 is 9.15 Å². The Balaban J connectivity index is 1.72. The van der Waals surface area contributed by atoms with E-state index in [4.69, 9.17) is 9.15 Å². The van der Waals surface area contributed by atoms with Crippen molar-refractivity contribution in [2.45, 2.75) is 39.3 Å². The second-order valence-electron chi connectivity index (χ2n) is 4.90. The SMILES string of the molecule is CC(C)NCCCc1nnc(COc2ccccc2)o1. The van der Waals surface area contributed by atoms with E-state index in [2.05, 4.69) is 29.4 Å². The first-order valence-electron chi connectivity index (χ1n) is 6.96. The summed E-state index contributed by atoms with van der Waals surface area (Å²) in [6, 6.07) is 10.1. The number of nitrogens with one attached hydrogen (secondary N) is 1. The first-order valence-corrected chi connectivity index (χ1v) is 6.96. The topological polar surface area (TPSA) is 60.2 Å². The van der Waals surface area contributed by atoms with Crippen molar-refractivity contribution in [2.75, 3.05) is 6.54 Å². The predicted molar refractivity (Wildman–Crippen MR) is 76.5 cm³/mol. The summed E-state index contributed by atoms with van der Waals surface area (Å²) in [6.07, 6.45) is 1.78. The van der Waals surface area contributed by atoms with Gasteiger partial charge < -0.3 is 14.5 Å². The van der Waals surface area contributed by atoms with E-state index < -0.39 is 0 Å². The van der Waals surface area contributed by atoms with E-state index in [1.165, 1.54) is 0 Å². The number of aryl methyl sites for hydroxylation is 1. The normalized spacial score (nSPS) is 10.9. The van der Waals surface area contributed by atoms with Crippen molar-refractivity contribution in [3.63, 3.8) is 0 Å². The summed E-state index contributed by atoms with van der Waals surface area (Å²) < 4.78 is 11.1. The molecule has 1 heterocycles. The molecule has 0 radical (unpaired) electrons. The van der Waals surface area contributed by atoms with Crippen LogP contribution in [0.25, 0.3) is 0 Å². The molecule has 2 aromatic rings. The molecule has 0 aliphatic heterocycles. The van der Waals surface area contributed by atoms with E-state index in [-0.39, 0.29) is 0 Å². The van der Waals surface area contributed by atoms with Gasteiger partial charge in [-0.3, -0.25) is 0 Å². The molecule has 1 aromatic heterocycles. The van der Waals surface area contributed by atoms with E-state index >= 15 is 0 Å². The van der Waals surface area contributed by atoms with Crippen molar-refractivity contribution in [3.05, 3.63) is 42.1 Å². The molecule has 0 aliphatic carbocycles. The summed E-state index contributed by atoms with van der Waals surface area (Å²) in [5.41, 5.74) is 0. The molecule has 0 aliphatic rings. The van der Waals surface area contributed by atoms with Crippen LogP contribution in [0, 0.1) is 0 Å². The van der Waals surface area contributed by atoms with Gasteiger partial charge in [-0.15, -0.1) is 10.2 Å². The summed E-state index contributed by atoms with van der Waals surface area (Å²) in [7, 11) is 0. The summed E-state index contributed by atoms with van der Waals surface area (Å²) in [5.74, 6) is 1.98. The van der Waals surface area contributed by atoms with Gasteiger partial charge in [0, 0.05) is 12.5 Å². The number of para-hydroxylation sites is 1. The second-order valence-corrected chi connectivity index (χ2v) is 4.90. The molecule has 1 N–H and O–H groups in total. The van der Waals surface area contributed by atoms with Crippen molar-refractivity contribution >= 4 is 0 Å². The van der Waals surface area contributed by atoms with Crippen LogP contribution in [-0.4, -0.2) is 22.8 Å². The summed E-state index contributed by atoms with van der Waals surface area (Å²) in [6.45, 7) is 5.52. The largest absolute Gasteiger partial charge is 0.484 e. The zero-order chi connectivity index (χ0) is 14.2.